The molecule has 2 aromatic carbocycles. The zero-order valence-electron chi connectivity index (χ0n) is 15.8. The molecule has 0 fully saturated rings. The fourth-order valence-corrected chi connectivity index (χ4v) is 3.30. The number of rotatable bonds is 5. The largest absolute Gasteiger partial charge is 0.464 e. The molecule has 0 spiro atoms. The van der Waals surface area contributed by atoms with Gasteiger partial charge in [0, 0.05) is 18.1 Å². The predicted molar refractivity (Wildman–Crippen MR) is 104 cm³/mol. The summed E-state index contributed by atoms with van der Waals surface area (Å²) in [5, 5.41) is 10.6. The lowest BCUT2D eigenvalue weighted by Crippen LogP contribution is -1.96. The molecule has 3 nitrogen and oxygen atoms in total. The van der Waals surface area contributed by atoms with E-state index in [4.69, 9.17) is 9.15 Å². The Kier molecular flexibility index (Phi) is 6.80. The van der Waals surface area contributed by atoms with Crippen LogP contribution in [0.15, 0.2) is 41.0 Å². The number of methoxy groups -OCH3 is 1. The first-order valence-electron chi connectivity index (χ1n) is 8.85. The Balaban J connectivity index is 0.00000109. The average Bonchev–Trinajstić information content (AvgIpc) is 3.04. The van der Waals surface area contributed by atoms with Crippen molar-refractivity contribution in [2.24, 2.45) is 0 Å². The molecule has 0 saturated carbocycles. The van der Waals surface area contributed by atoms with Crippen LogP contribution in [0.2, 0.25) is 0 Å². The van der Waals surface area contributed by atoms with Crippen molar-refractivity contribution >= 4 is 11.0 Å². The van der Waals surface area contributed by atoms with Gasteiger partial charge in [-0.15, -0.1) is 0 Å². The highest BCUT2D eigenvalue weighted by Crippen LogP contribution is 2.36. The molecule has 3 aromatic rings. The van der Waals surface area contributed by atoms with Crippen LogP contribution in [0.1, 0.15) is 36.1 Å². The number of furan rings is 1. The second kappa shape index (κ2) is 8.84. The summed E-state index contributed by atoms with van der Waals surface area (Å²) in [4.78, 5) is 0. The average molecular weight is 340 g/mol. The van der Waals surface area contributed by atoms with Crippen molar-refractivity contribution in [3.8, 4) is 11.1 Å². The van der Waals surface area contributed by atoms with E-state index < -0.39 is 0 Å². The van der Waals surface area contributed by atoms with Crippen LogP contribution in [0.5, 0.6) is 0 Å². The number of ether oxygens (including phenoxy) is 1. The maximum Gasteiger partial charge on any atom is 0.134 e. The molecule has 0 saturated heterocycles. The summed E-state index contributed by atoms with van der Waals surface area (Å²) in [6.45, 7) is 8.98. The van der Waals surface area contributed by atoms with Gasteiger partial charge in [0.15, 0.2) is 0 Å². The van der Waals surface area contributed by atoms with Gasteiger partial charge in [-0.2, -0.15) is 0 Å². The number of fused-ring (bicyclic) bond motifs is 1. The topological polar surface area (TPSA) is 42.6 Å². The zero-order valence-corrected chi connectivity index (χ0v) is 15.8. The van der Waals surface area contributed by atoms with Gasteiger partial charge in [0.25, 0.3) is 0 Å². The van der Waals surface area contributed by atoms with Crippen molar-refractivity contribution in [1.29, 1.82) is 0 Å². The molecule has 1 heterocycles. The van der Waals surface area contributed by atoms with E-state index in [1.54, 1.807) is 7.11 Å². The molecule has 3 heteroatoms. The molecule has 25 heavy (non-hydrogen) atoms. The van der Waals surface area contributed by atoms with Gasteiger partial charge in [0.05, 0.1) is 19.5 Å². The van der Waals surface area contributed by atoms with Gasteiger partial charge in [0.1, 0.15) is 5.58 Å². The van der Waals surface area contributed by atoms with Crippen LogP contribution in [-0.2, 0) is 17.8 Å². The quantitative estimate of drug-likeness (QED) is 0.674. The van der Waals surface area contributed by atoms with Crippen LogP contribution in [-0.4, -0.2) is 18.8 Å². The Morgan fingerprint density at radius 1 is 1.12 bits per heavy atom. The van der Waals surface area contributed by atoms with Crippen LogP contribution in [0, 0.1) is 13.8 Å². The Labute approximate surface area is 150 Å². The summed E-state index contributed by atoms with van der Waals surface area (Å²) < 4.78 is 11.0. The zero-order chi connectivity index (χ0) is 18.4. The SMILES string of the molecule is CC.COCCc1coc2cc(C)c(-c3cccc(CO)c3)c(C)c12. The van der Waals surface area contributed by atoms with Gasteiger partial charge in [0.2, 0.25) is 0 Å². The highest BCUT2D eigenvalue weighted by atomic mass is 16.5. The van der Waals surface area contributed by atoms with Crippen LogP contribution < -0.4 is 0 Å². The molecular formula is C22H28O3. The molecule has 0 atom stereocenters. The van der Waals surface area contributed by atoms with E-state index in [0.29, 0.717) is 6.61 Å². The van der Waals surface area contributed by atoms with Crippen molar-refractivity contribution < 1.29 is 14.3 Å². The predicted octanol–water partition coefficient (Wildman–Crippen LogP) is 5.42. The summed E-state index contributed by atoms with van der Waals surface area (Å²) in [6.07, 6.45) is 2.67. The van der Waals surface area contributed by atoms with Crippen LogP contribution >= 0.6 is 0 Å². The van der Waals surface area contributed by atoms with Crippen molar-refractivity contribution in [3.63, 3.8) is 0 Å². The molecule has 134 valence electrons. The summed E-state index contributed by atoms with van der Waals surface area (Å²) in [7, 11) is 1.71. The first-order chi connectivity index (χ1) is 12.2. The molecule has 0 amide bonds. The Bertz CT molecular complexity index is 831. The lowest BCUT2D eigenvalue weighted by molar-refractivity contribution is 0.202. The van der Waals surface area contributed by atoms with Crippen LogP contribution in [0.4, 0.5) is 0 Å². The number of benzene rings is 2. The third-order valence-corrected chi connectivity index (χ3v) is 4.36. The first-order valence-corrected chi connectivity index (χ1v) is 8.85. The Morgan fingerprint density at radius 2 is 1.88 bits per heavy atom. The van der Waals surface area contributed by atoms with E-state index in [0.717, 1.165) is 23.1 Å². The second-order valence-electron chi connectivity index (χ2n) is 5.93. The van der Waals surface area contributed by atoms with E-state index in [1.165, 1.54) is 27.6 Å². The third kappa shape index (κ3) is 3.94. The Morgan fingerprint density at radius 3 is 2.56 bits per heavy atom. The standard InChI is InChI=1S/C20H22O3.C2H6/c1-13-9-18-20(17(12-23-18)7-8-22-3)14(2)19(13)16-6-4-5-15(10-16)11-21;1-2/h4-6,9-10,12,21H,7-8,11H2,1-3H3;1-2H3. The smallest absolute Gasteiger partial charge is 0.134 e. The molecule has 0 aliphatic rings. The van der Waals surface area contributed by atoms with Crippen molar-refractivity contribution in [3.05, 3.63) is 58.8 Å². The molecule has 0 unspecified atom stereocenters. The maximum atomic E-state index is 9.40. The minimum Gasteiger partial charge on any atom is -0.464 e. The molecule has 0 radical (unpaired) electrons. The first kappa shape index (κ1) is 19.2. The summed E-state index contributed by atoms with van der Waals surface area (Å²) in [6, 6.07) is 10.2. The normalized spacial score (nSPS) is 10.6. The maximum absolute atomic E-state index is 9.40. The van der Waals surface area contributed by atoms with Crippen LogP contribution in [0.3, 0.4) is 0 Å². The van der Waals surface area contributed by atoms with Crippen molar-refractivity contribution in [2.45, 2.75) is 40.7 Å². The van der Waals surface area contributed by atoms with Crippen molar-refractivity contribution in [2.75, 3.05) is 13.7 Å². The lowest BCUT2D eigenvalue weighted by atomic mass is 9.91. The van der Waals surface area contributed by atoms with Gasteiger partial charge in [-0.25, -0.2) is 0 Å². The van der Waals surface area contributed by atoms with E-state index in [-0.39, 0.29) is 6.61 Å². The van der Waals surface area contributed by atoms with E-state index in [2.05, 4.69) is 32.0 Å². The van der Waals surface area contributed by atoms with E-state index in [1.807, 2.05) is 32.2 Å². The van der Waals surface area contributed by atoms with E-state index in [9.17, 15) is 5.11 Å². The van der Waals surface area contributed by atoms with Gasteiger partial charge < -0.3 is 14.3 Å². The number of aliphatic hydroxyl groups is 1. The highest BCUT2D eigenvalue weighted by molar-refractivity contribution is 5.92. The van der Waals surface area contributed by atoms with Crippen molar-refractivity contribution in [1.82, 2.24) is 0 Å². The summed E-state index contributed by atoms with van der Waals surface area (Å²) in [5.41, 5.74) is 7.77. The van der Waals surface area contributed by atoms with Crippen LogP contribution in [0.25, 0.3) is 22.1 Å². The number of aliphatic hydroxyl groups excluding tert-OH is 1. The summed E-state index contributed by atoms with van der Waals surface area (Å²) >= 11 is 0. The van der Waals surface area contributed by atoms with E-state index >= 15 is 0 Å². The molecule has 0 bridgehead atoms. The number of hydrogen-bond donors (Lipinski definition) is 1. The molecule has 1 N–H and O–H groups in total. The minimum absolute atomic E-state index is 0.0545. The summed E-state index contributed by atoms with van der Waals surface area (Å²) in [5.74, 6) is 0. The molecule has 3 rings (SSSR count). The molecule has 0 aliphatic heterocycles. The second-order valence-corrected chi connectivity index (χ2v) is 5.93. The lowest BCUT2D eigenvalue weighted by Gasteiger charge is -2.13. The molecule has 0 aliphatic carbocycles. The third-order valence-electron chi connectivity index (χ3n) is 4.36. The van der Waals surface area contributed by atoms with Gasteiger partial charge in [-0.3, -0.25) is 0 Å². The molecular weight excluding hydrogens is 312 g/mol. The number of hydrogen-bond acceptors (Lipinski definition) is 3. The van der Waals surface area contributed by atoms with Gasteiger partial charge >= 0.3 is 0 Å². The minimum atomic E-state index is 0.0545. The van der Waals surface area contributed by atoms with Gasteiger partial charge in [-0.1, -0.05) is 32.0 Å². The number of aryl methyl sites for hydroxylation is 2. The fourth-order valence-electron chi connectivity index (χ4n) is 3.30. The molecule has 1 aromatic heterocycles. The Hall–Kier alpha value is -2.10. The van der Waals surface area contributed by atoms with Gasteiger partial charge in [-0.05, 0) is 60.2 Å². The monoisotopic (exact) mass is 340 g/mol. The fraction of sp³-hybridized carbons (Fsp3) is 0.364. The highest BCUT2D eigenvalue weighted by Gasteiger charge is 2.15.